The zero-order valence-corrected chi connectivity index (χ0v) is 22.5. The lowest BCUT2D eigenvalue weighted by Crippen LogP contribution is -2.62. The van der Waals surface area contributed by atoms with E-state index in [0.29, 0.717) is 24.9 Å². The Morgan fingerprint density at radius 1 is 0.850 bits per heavy atom. The summed E-state index contributed by atoms with van der Waals surface area (Å²) in [6.45, 7) is 2.30. The number of amidine groups is 1. The van der Waals surface area contributed by atoms with Crippen LogP contribution in [-0.4, -0.2) is 28.3 Å². The average molecular weight is 538 g/mol. The van der Waals surface area contributed by atoms with Crippen molar-refractivity contribution in [1.82, 2.24) is 10.6 Å². The van der Waals surface area contributed by atoms with Crippen molar-refractivity contribution in [2.45, 2.75) is 38.4 Å². The lowest BCUT2D eigenvalue weighted by atomic mass is 9.78. The van der Waals surface area contributed by atoms with Crippen molar-refractivity contribution >= 4 is 28.4 Å². The monoisotopic (exact) mass is 537 g/mol. The Bertz CT molecular complexity index is 1500. The van der Waals surface area contributed by atoms with Gasteiger partial charge in [-0.1, -0.05) is 79.7 Å². The number of carbonyl (C=O) groups is 2. The van der Waals surface area contributed by atoms with Gasteiger partial charge in [0.2, 0.25) is 11.8 Å². The molecule has 40 heavy (non-hydrogen) atoms. The number of rotatable bonds is 12. The van der Waals surface area contributed by atoms with Crippen LogP contribution in [0.3, 0.4) is 0 Å². The zero-order valence-electron chi connectivity index (χ0n) is 22.5. The number of nitrogens with one attached hydrogen (secondary N) is 3. The number of hydrogen-bond donors (Lipinski definition) is 6. The van der Waals surface area contributed by atoms with Gasteiger partial charge in [-0.15, -0.1) is 0 Å². The molecule has 0 fully saturated rings. The van der Waals surface area contributed by atoms with E-state index in [9.17, 15) is 14.7 Å². The first-order chi connectivity index (χ1) is 19.2. The first-order valence-corrected chi connectivity index (χ1v) is 13.2. The SMILES string of the molecule is C[C@H](C(=O)NCc1ccc(C(=N)N)cc1)C(CCc1ccccc1)(NCc1ccc2cc(O)ccc2c1)C(N)=O. The van der Waals surface area contributed by atoms with Gasteiger partial charge in [-0.05, 0) is 58.5 Å². The number of hydrogen-bond acceptors (Lipinski definition) is 5. The van der Waals surface area contributed by atoms with Crippen LogP contribution < -0.4 is 22.1 Å². The second-order valence-electron chi connectivity index (χ2n) is 10.1. The topological polar surface area (TPSA) is 154 Å². The zero-order chi connectivity index (χ0) is 28.7. The minimum Gasteiger partial charge on any atom is -0.508 e. The quantitative estimate of drug-likeness (QED) is 0.120. The number of amides is 2. The lowest BCUT2D eigenvalue weighted by Gasteiger charge is -2.37. The van der Waals surface area contributed by atoms with E-state index < -0.39 is 17.4 Å². The second kappa shape index (κ2) is 12.4. The molecule has 0 saturated heterocycles. The van der Waals surface area contributed by atoms with Crippen molar-refractivity contribution in [3.63, 3.8) is 0 Å². The summed E-state index contributed by atoms with van der Waals surface area (Å²) in [6, 6.07) is 27.8. The summed E-state index contributed by atoms with van der Waals surface area (Å²) in [6.07, 6.45) is 0.883. The normalized spacial score (nSPS) is 13.3. The number of benzene rings is 4. The summed E-state index contributed by atoms with van der Waals surface area (Å²) in [5.74, 6) is -1.50. The number of aromatic hydroxyl groups is 1. The molecule has 8 N–H and O–H groups in total. The molecule has 0 spiro atoms. The third-order valence-corrected chi connectivity index (χ3v) is 7.45. The minimum absolute atomic E-state index is 0.0236. The predicted octanol–water partition coefficient (Wildman–Crippen LogP) is 3.73. The van der Waals surface area contributed by atoms with Gasteiger partial charge in [0.15, 0.2) is 0 Å². The van der Waals surface area contributed by atoms with Crippen LogP contribution in [0.2, 0.25) is 0 Å². The lowest BCUT2D eigenvalue weighted by molar-refractivity contribution is -0.136. The Morgan fingerprint density at radius 3 is 2.17 bits per heavy atom. The first kappa shape index (κ1) is 28.3. The molecule has 0 aliphatic heterocycles. The summed E-state index contributed by atoms with van der Waals surface area (Å²) in [4.78, 5) is 26.6. The number of nitrogen functional groups attached to an aromatic ring is 1. The van der Waals surface area contributed by atoms with E-state index >= 15 is 0 Å². The average Bonchev–Trinajstić information content (AvgIpc) is 2.96. The van der Waals surface area contributed by atoms with E-state index in [-0.39, 0.29) is 24.0 Å². The van der Waals surface area contributed by atoms with Crippen molar-refractivity contribution < 1.29 is 14.7 Å². The number of phenolic OH excluding ortho intramolecular Hbond substituents is 1. The molecule has 0 aliphatic rings. The van der Waals surface area contributed by atoms with Crippen LogP contribution in [0.5, 0.6) is 5.75 Å². The Labute approximate surface area is 233 Å². The molecule has 2 atom stereocenters. The van der Waals surface area contributed by atoms with Crippen LogP contribution in [0.25, 0.3) is 10.8 Å². The van der Waals surface area contributed by atoms with Crippen LogP contribution in [0.1, 0.15) is 35.6 Å². The van der Waals surface area contributed by atoms with Gasteiger partial charge >= 0.3 is 0 Å². The highest BCUT2D eigenvalue weighted by Crippen LogP contribution is 2.27. The van der Waals surface area contributed by atoms with Crippen molar-refractivity contribution in [2.24, 2.45) is 17.4 Å². The second-order valence-corrected chi connectivity index (χ2v) is 10.1. The molecular formula is C32H35N5O3. The van der Waals surface area contributed by atoms with Crippen molar-refractivity contribution in [2.75, 3.05) is 0 Å². The van der Waals surface area contributed by atoms with Crippen LogP contribution in [0.15, 0.2) is 91.0 Å². The molecule has 4 aromatic rings. The maximum Gasteiger partial charge on any atom is 0.238 e. The van der Waals surface area contributed by atoms with Gasteiger partial charge in [-0.25, -0.2) is 0 Å². The van der Waals surface area contributed by atoms with Crippen molar-refractivity contribution in [3.05, 3.63) is 113 Å². The highest BCUT2D eigenvalue weighted by molar-refractivity contribution is 5.95. The molecule has 4 aromatic carbocycles. The summed E-state index contributed by atoms with van der Waals surface area (Å²) >= 11 is 0. The maximum atomic E-state index is 13.4. The Balaban J connectivity index is 1.55. The van der Waals surface area contributed by atoms with Gasteiger partial charge in [0.05, 0.1) is 5.92 Å². The molecule has 2 amide bonds. The molecule has 206 valence electrons. The van der Waals surface area contributed by atoms with E-state index in [1.807, 2.05) is 54.6 Å². The molecule has 4 rings (SSSR count). The Kier molecular flexibility index (Phi) is 8.81. The van der Waals surface area contributed by atoms with E-state index in [4.69, 9.17) is 16.9 Å². The Morgan fingerprint density at radius 2 is 1.50 bits per heavy atom. The van der Waals surface area contributed by atoms with E-state index in [1.54, 1.807) is 43.3 Å². The van der Waals surface area contributed by atoms with Crippen molar-refractivity contribution in [3.8, 4) is 5.75 Å². The highest BCUT2D eigenvalue weighted by Gasteiger charge is 2.44. The number of fused-ring (bicyclic) bond motifs is 1. The summed E-state index contributed by atoms with van der Waals surface area (Å²) in [7, 11) is 0. The van der Waals surface area contributed by atoms with Crippen LogP contribution in [-0.2, 0) is 29.1 Å². The van der Waals surface area contributed by atoms with Gasteiger partial charge in [0.25, 0.3) is 0 Å². The molecule has 1 unspecified atom stereocenters. The van der Waals surface area contributed by atoms with Gasteiger partial charge in [0, 0.05) is 18.7 Å². The molecule has 0 bridgehead atoms. The molecule has 8 heteroatoms. The number of phenols is 1. The fourth-order valence-electron chi connectivity index (χ4n) is 4.89. The Hall–Kier alpha value is -4.69. The molecule has 0 aromatic heterocycles. The molecule has 0 radical (unpaired) electrons. The molecule has 0 saturated carbocycles. The third kappa shape index (κ3) is 6.65. The highest BCUT2D eigenvalue weighted by atomic mass is 16.3. The molecule has 8 nitrogen and oxygen atoms in total. The fourth-order valence-corrected chi connectivity index (χ4v) is 4.89. The molecular weight excluding hydrogens is 502 g/mol. The minimum atomic E-state index is -1.32. The number of carbonyl (C=O) groups excluding carboxylic acids is 2. The standard InChI is InChI=1S/C32H35N5O3/c1-21(30(39)36-19-23-7-10-25(11-8-23)29(33)34)32(31(35)40,16-15-22-5-3-2-4-6-22)37-20-24-9-12-27-18-28(38)14-13-26(27)17-24/h2-14,17-18,21,37-38H,15-16,19-20H2,1H3,(H3,33,34)(H2,35,40)(H,36,39)/t21-,32?/m1/s1. The van der Waals surface area contributed by atoms with Gasteiger partial charge in [-0.2, -0.15) is 0 Å². The smallest absolute Gasteiger partial charge is 0.238 e. The van der Waals surface area contributed by atoms with Crippen LogP contribution >= 0.6 is 0 Å². The van der Waals surface area contributed by atoms with Crippen LogP contribution in [0.4, 0.5) is 0 Å². The van der Waals surface area contributed by atoms with Crippen molar-refractivity contribution in [1.29, 1.82) is 5.41 Å². The predicted molar refractivity (Wildman–Crippen MR) is 158 cm³/mol. The third-order valence-electron chi connectivity index (χ3n) is 7.45. The molecule has 0 aliphatic carbocycles. The summed E-state index contributed by atoms with van der Waals surface area (Å²) in [5.41, 5.74) is 13.7. The number of aryl methyl sites for hydroxylation is 1. The van der Waals surface area contributed by atoms with E-state index in [1.165, 1.54) is 0 Å². The number of nitrogens with two attached hydrogens (primary N) is 2. The van der Waals surface area contributed by atoms with Crippen LogP contribution in [0, 0.1) is 11.3 Å². The number of primary amides is 1. The first-order valence-electron chi connectivity index (χ1n) is 13.2. The maximum absolute atomic E-state index is 13.4. The summed E-state index contributed by atoms with van der Waals surface area (Å²) in [5, 5.41) is 25.5. The van der Waals surface area contributed by atoms with Gasteiger partial charge < -0.3 is 21.9 Å². The van der Waals surface area contributed by atoms with E-state index in [2.05, 4.69) is 10.6 Å². The van der Waals surface area contributed by atoms with Gasteiger partial charge in [-0.3, -0.25) is 20.3 Å². The van der Waals surface area contributed by atoms with Gasteiger partial charge in [0.1, 0.15) is 17.1 Å². The summed E-state index contributed by atoms with van der Waals surface area (Å²) < 4.78 is 0. The largest absolute Gasteiger partial charge is 0.508 e. The van der Waals surface area contributed by atoms with E-state index in [0.717, 1.165) is 27.5 Å². The molecule has 0 heterocycles. The fraction of sp³-hybridized carbons (Fsp3) is 0.219.